The predicted molar refractivity (Wildman–Crippen MR) is 95.6 cm³/mol. The van der Waals surface area contributed by atoms with Gasteiger partial charge in [-0.1, -0.05) is 18.2 Å². The number of carbonyl (C=O) groups is 1. The average Bonchev–Trinajstić information content (AvgIpc) is 3.03. The zero-order chi connectivity index (χ0) is 17.2. The van der Waals surface area contributed by atoms with Crippen LogP contribution < -0.4 is 5.32 Å². The molecule has 0 saturated carbocycles. The Kier molecular flexibility index (Phi) is 5.03. The first-order valence-corrected chi connectivity index (χ1v) is 10.1. The van der Waals surface area contributed by atoms with Crippen LogP contribution in [0.1, 0.15) is 17.7 Å². The molecule has 1 aliphatic heterocycles. The van der Waals surface area contributed by atoms with Gasteiger partial charge in [-0.2, -0.15) is 4.31 Å². The SMILES string of the molecule is Cc1ccc(S(=O)(=O)N2CCC[C@@H](C(=O)Nc3ccccc3)C2)s1. The largest absolute Gasteiger partial charge is 0.326 e. The molecule has 5 nitrogen and oxygen atoms in total. The molecular weight excluding hydrogens is 344 g/mol. The molecule has 7 heteroatoms. The summed E-state index contributed by atoms with van der Waals surface area (Å²) in [5.74, 6) is -0.446. The summed E-state index contributed by atoms with van der Waals surface area (Å²) in [6.45, 7) is 2.59. The second kappa shape index (κ2) is 7.04. The fraction of sp³-hybridized carbons (Fsp3) is 0.353. The predicted octanol–water partition coefficient (Wildman–Crippen LogP) is 3.10. The molecular formula is C17H20N2O3S2. The van der Waals surface area contributed by atoms with E-state index >= 15 is 0 Å². The zero-order valence-electron chi connectivity index (χ0n) is 13.4. The van der Waals surface area contributed by atoms with Crippen LogP contribution in [0.4, 0.5) is 5.69 Å². The minimum Gasteiger partial charge on any atom is -0.326 e. The van der Waals surface area contributed by atoms with Crippen LogP contribution in [-0.2, 0) is 14.8 Å². The van der Waals surface area contributed by atoms with E-state index in [9.17, 15) is 13.2 Å². The molecule has 0 aliphatic carbocycles. The van der Waals surface area contributed by atoms with Crippen LogP contribution in [0, 0.1) is 12.8 Å². The fourth-order valence-electron chi connectivity index (χ4n) is 2.82. The second-order valence-corrected chi connectivity index (χ2v) is 9.38. The number of thiophene rings is 1. The molecule has 0 bridgehead atoms. The van der Waals surface area contributed by atoms with Gasteiger partial charge in [-0.3, -0.25) is 4.79 Å². The number of amides is 1. The molecule has 128 valence electrons. The first kappa shape index (κ1) is 17.1. The number of nitrogens with one attached hydrogen (secondary N) is 1. The number of para-hydroxylation sites is 1. The van der Waals surface area contributed by atoms with Gasteiger partial charge in [0.1, 0.15) is 4.21 Å². The number of rotatable bonds is 4. The molecule has 1 aliphatic rings. The van der Waals surface area contributed by atoms with E-state index < -0.39 is 10.0 Å². The van der Waals surface area contributed by atoms with Gasteiger partial charge in [0.05, 0.1) is 5.92 Å². The van der Waals surface area contributed by atoms with E-state index in [0.717, 1.165) is 10.6 Å². The number of piperidine rings is 1. The number of hydrogen-bond acceptors (Lipinski definition) is 4. The first-order chi connectivity index (χ1) is 11.5. The van der Waals surface area contributed by atoms with E-state index in [1.54, 1.807) is 12.1 Å². The molecule has 0 unspecified atom stereocenters. The smallest absolute Gasteiger partial charge is 0.252 e. The van der Waals surface area contributed by atoms with Crippen molar-refractivity contribution in [3.63, 3.8) is 0 Å². The summed E-state index contributed by atoms with van der Waals surface area (Å²) in [6.07, 6.45) is 1.39. The van der Waals surface area contributed by atoms with Gasteiger partial charge in [-0.25, -0.2) is 8.42 Å². The Morgan fingerprint density at radius 3 is 2.62 bits per heavy atom. The molecule has 3 rings (SSSR count). The van der Waals surface area contributed by atoms with Crippen LogP contribution in [0.3, 0.4) is 0 Å². The van der Waals surface area contributed by atoms with Crippen LogP contribution in [0.15, 0.2) is 46.7 Å². The normalized spacial score (nSPS) is 19.1. The van der Waals surface area contributed by atoms with Crippen LogP contribution in [0.2, 0.25) is 0 Å². The Morgan fingerprint density at radius 1 is 1.21 bits per heavy atom. The van der Waals surface area contributed by atoms with Crippen molar-refractivity contribution in [1.29, 1.82) is 0 Å². The second-order valence-electron chi connectivity index (χ2n) is 5.92. The minimum atomic E-state index is -3.51. The lowest BCUT2D eigenvalue weighted by Crippen LogP contribution is -2.43. The van der Waals surface area contributed by atoms with Crippen LogP contribution in [0.5, 0.6) is 0 Å². The highest BCUT2D eigenvalue weighted by Crippen LogP contribution is 2.28. The number of carbonyl (C=O) groups excluding carboxylic acids is 1. The van der Waals surface area contributed by atoms with Gasteiger partial charge in [0.15, 0.2) is 0 Å². The summed E-state index contributed by atoms with van der Waals surface area (Å²) >= 11 is 1.27. The van der Waals surface area contributed by atoms with Gasteiger partial charge in [0.25, 0.3) is 10.0 Å². The van der Waals surface area contributed by atoms with Gasteiger partial charge in [-0.15, -0.1) is 11.3 Å². The maximum absolute atomic E-state index is 12.7. The monoisotopic (exact) mass is 364 g/mol. The summed E-state index contributed by atoms with van der Waals surface area (Å²) in [5, 5.41) is 2.87. The van der Waals surface area contributed by atoms with E-state index in [0.29, 0.717) is 23.6 Å². The third-order valence-electron chi connectivity index (χ3n) is 4.11. The molecule has 0 spiro atoms. The van der Waals surface area contributed by atoms with Gasteiger partial charge in [0.2, 0.25) is 5.91 Å². The molecule has 1 atom stereocenters. The number of anilines is 1. The van der Waals surface area contributed by atoms with Crippen molar-refractivity contribution in [2.24, 2.45) is 5.92 Å². The molecule has 24 heavy (non-hydrogen) atoms. The number of nitrogens with zero attached hydrogens (tertiary/aromatic N) is 1. The van der Waals surface area contributed by atoms with Crippen molar-refractivity contribution in [2.75, 3.05) is 18.4 Å². The van der Waals surface area contributed by atoms with Crippen molar-refractivity contribution in [2.45, 2.75) is 24.0 Å². The standard InChI is InChI=1S/C17H20N2O3S2/c1-13-9-10-16(23-13)24(21,22)19-11-5-6-14(12-19)17(20)18-15-7-3-2-4-8-15/h2-4,7-10,14H,5-6,11-12H2,1H3,(H,18,20)/t14-/m1/s1. The summed E-state index contributed by atoms with van der Waals surface area (Å²) in [4.78, 5) is 13.4. The highest BCUT2D eigenvalue weighted by molar-refractivity contribution is 7.91. The van der Waals surface area contributed by atoms with Crippen molar-refractivity contribution >= 4 is 33.0 Å². The van der Waals surface area contributed by atoms with Crippen LogP contribution in [0.25, 0.3) is 0 Å². The average molecular weight is 364 g/mol. The lowest BCUT2D eigenvalue weighted by Gasteiger charge is -2.30. The third-order valence-corrected chi connectivity index (χ3v) is 7.44. The zero-order valence-corrected chi connectivity index (χ0v) is 15.1. The van der Waals surface area contributed by atoms with Gasteiger partial charge in [0, 0.05) is 23.7 Å². The van der Waals surface area contributed by atoms with Crippen molar-refractivity contribution in [1.82, 2.24) is 4.31 Å². The first-order valence-electron chi connectivity index (χ1n) is 7.89. The molecule has 2 aromatic rings. The molecule has 1 fully saturated rings. The van der Waals surface area contributed by atoms with E-state index in [1.807, 2.05) is 37.3 Å². The Bertz CT molecular complexity index is 815. The molecule has 1 aromatic heterocycles. The Hall–Kier alpha value is -1.70. The number of hydrogen-bond donors (Lipinski definition) is 1. The van der Waals surface area contributed by atoms with Crippen LogP contribution in [-0.4, -0.2) is 31.7 Å². The summed E-state index contributed by atoms with van der Waals surface area (Å²) in [5.41, 5.74) is 0.733. The number of sulfonamides is 1. The topological polar surface area (TPSA) is 66.5 Å². The molecule has 2 heterocycles. The number of aryl methyl sites for hydroxylation is 1. The van der Waals surface area contributed by atoms with E-state index in [1.165, 1.54) is 15.6 Å². The third kappa shape index (κ3) is 3.68. The Labute approximate surface area is 146 Å². The van der Waals surface area contributed by atoms with Gasteiger partial charge < -0.3 is 5.32 Å². The van der Waals surface area contributed by atoms with Crippen molar-refractivity contribution in [3.05, 3.63) is 47.3 Å². The number of benzene rings is 1. The van der Waals surface area contributed by atoms with E-state index in [4.69, 9.17) is 0 Å². The minimum absolute atomic E-state index is 0.122. The molecule has 1 N–H and O–H groups in total. The lowest BCUT2D eigenvalue weighted by molar-refractivity contribution is -0.120. The van der Waals surface area contributed by atoms with E-state index in [2.05, 4.69) is 5.32 Å². The van der Waals surface area contributed by atoms with Crippen molar-refractivity contribution < 1.29 is 13.2 Å². The maximum atomic E-state index is 12.7. The quantitative estimate of drug-likeness (QED) is 0.906. The summed E-state index contributed by atoms with van der Waals surface area (Å²) in [6, 6.07) is 12.7. The molecule has 0 radical (unpaired) electrons. The maximum Gasteiger partial charge on any atom is 0.252 e. The molecule has 1 aromatic carbocycles. The summed E-state index contributed by atoms with van der Waals surface area (Å²) < 4.78 is 27.3. The summed E-state index contributed by atoms with van der Waals surface area (Å²) in [7, 11) is -3.51. The lowest BCUT2D eigenvalue weighted by atomic mass is 9.99. The van der Waals surface area contributed by atoms with Crippen molar-refractivity contribution in [3.8, 4) is 0 Å². The van der Waals surface area contributed by atoms with E-state index in [-0.39, 0.29) is 18.4 Å². The van der Waals surface area contributed by atoms with Gasteiger partial charge in [-0.05, 0) is 44.0 Å². The van der Waals surface area contributed by atoms with Gasteiger partial charge >= 0.3 is 0 Å². The fourth-order valence-corrected chi connectivity index (χ4v) is 5.78. The van der Waals surface area contributed by atoms with Crippen LogP contribution >= 0.6 is 11.3 Å². The Balaban J connectivity index is 1.71. The molecule has 1 amide bonds. The Morgan fingerprint density at radius 2 is 1.96 bits per heavy atom. The highest BCUT2D eigenvalue weighted by atomic mass is 32.2. The molecule has 1 saturated heterocycles. The highest BCUT2D eigenvalue weighted by Gasteiger charge is 2.34.